The number of imidazole rings is 1. The minimum Gasteiger partial charge on any atom is -0.481 e. The predicted octanol–water partition coefficient (Wildman–Crippen LogP) is -0.321. The second-order valence-electron chi connectivity index (χ2n) is 8.81. The molecule has 0 aliphatic rings. The molecule has 0 saturated heterocycles. The first kappa shape index (κ1) is 31.3. The van der Waals surface area contributed by atoms with Crippen LogP contribution >= 0.6 is 11.8 Å². The number of hydrogen-bond acceptors (Lipinski definition) is 8. The van der Waals surface area contributed by atoms with E-state index in [0.29, 0.717) is 11.4 Å². The Morgan fingerprint density at radius 2 is 1.54 bits per heavy atom. The molecule has 0 bridgehead atoms. The van der Waals surface area contributed by atoms with Gasteiger partial charge in [0, 0.05) is 24.7 Å². The van der Waals surface area contributed by atoms with E-state index in [9.17, 15) is 29.1 Å². The van der Waals surface area contributed by atoms with Crippen molar-refractivity contribution in [2.75, 3.05) is 12.0 Å². The van der Waals surface area contributed by atoms with E-state index in [1.165, 1.54) is 24.3 Å². The summed E-state index contributed by atoms with van der Waals surface area (Å²) in [7, 11) is 0. The fourth-order valence-corrected chi connectivity index (χ4v) is 4.11. The minimum atomic E-state index is -1.29. The number of amides is 3. The Morgan fingerprint density at radius 3 is 2.10 bits per heavy atom. The largest absolute Gasteiger partial charge is 0.481 e. The van der Waals surface area contributed by atoms with Crippen molar-refractivity contribution in [1.29, 1.82) is 0 Å². The van der Waals surface area contributed by atoms with Crippen molar-refractivity contribution in [2.45, 2.75) is 56.3 Å². The van der Waals surface area contributed by atoms with Crippen LogP contribution in [0.2, 0.25) is 0 Å². The fraction of sp³-hybridized carbons (Fsp3) is 0.440. The Morgan fingerprint density at radius 1 is 0.923 bits per heavy atom. The van der Waals surface area contributed by atoms with E-state index in [4.69, 9.17) is 10.8 Å². The second kappa shape index (κ2) is 16.1. The Bertz CT molecular complexity index is 1100. The van der Waals surface area contributed by atoms with Gasteiger partial charge in [0.05, 0.1) is 12.4 Å². The maximum atomic E-state index is 13.2. The van der Waals surface area contributed by atoms with Crippen LogP contribution in [0.1, 0.15) is 30.5 Å². The number of nitrogens with zero attached hydrogens (tertiary/aromatic N) is 1. The van der Waals surface area contributed by atoms with Gasteiger partial charge in [-0.15, -0.1) is 0 Å². The number of H-pyrrole nitrogens is 1. The number of carbonyl (C=O) groups is 5. The van der Waals surface area contributed by atoms with Crippen molar-refractivity contribution in [3.8, 4) is 0 Å². The zero-order valence-electron chi connectivity index (χ0n) is 21.5. The van der Waals surface area contributed by atoms with Crippen LogP contribution in [0.25, 0.3) is 0 Å². The highest BCUT2D eigenvalue weighted by molar-refractivity contribution is 7.98. The molecule has 3 amide bonds. The Balaban J connectivity index is 2.11. The molecular weight excluding hydrogens is 528 g/mol. The van der Waals surface area contributed by atoms with Crippen molar-refractivity contribution in [3.05, 3.63) is 54.1 Å². The lowest BCUT2D eigenvalue weighted by Crippen LogP contribution is -2.57. The number of aromatic nitrogens is 2. The summed E-state index contributed by atoms with van der Waals surface area (Å²) >= 11 is 1.42. The molecule has 39 heavy (non-hydrogen) atoms. The topological polar surface area (TPSA) is 217 Å². The number of carboxylic acids is 2. The molecule has 8 N–H and O–H groups in total. The van der Waals surface area contributed by atoms with E-state index in [1.807, 2.05) is 6.07 Å². The standard InChI is InChI=1S/C25H34N6O7S/c1-39-10-9-19(24(36)31-20(25(37)38)12-16-13-27-14-28-16)30-23(35)18(7-8-21(32)33)29-22(34)17(26)11-15-5-3-2-4-6-15/h2-6,13-14,17-20H,7-12,26H2,1H3,(H,27,28)(H,29,34)(H,30,35)(H,31,36)(H,32,33)(H,37,38). The second-order valence-corrected chi connectivity index (χ2v) is 9.80. The number of hydrogen-bond donors (Lipinski definition) is 7. The maximum Gasteiger partial charge on any atom is 0.326 e. The highest BCUT2D eigenvalue weighted by atomic mass is 32.2. The van der Waals surface area contributed by atoms with Crippen LogP contribution in [0.15, 0.2) is 42.9 Å². The van der Waals surface area contributed by atoms with E-state index in [1.54, 1.807) is 30.5 Å². The predicted molar refractivity (Wildman–Crippen MR) is 144 cm³/mol. The molecule has 1 heterocycles. The molecule has 14 heteroatoms. The molecule has 1 aromatic carbocycles. The third-order valence-electron chi connectivity index (χ3n) is 5.75. The molecule has 0 spiro atoms. The first-order valence-corrected chi connectivity index (χ1v) is 13.6. The lowest BCUT2D eigenvalue weighted by Gasteiger charge is -2.25. The highest BCUT2D eigenvalue weighted by Crippen LogP contribution is 2.07. The zero-order valence-corrected chi connectivity index (χ0v) is 22.3. The minimum absolute atomic E-state index is 0.0547. The Kier molecular flexibility index (Phi) is 13.0. The number of nitrogens with two attached hydrogens (primary N) is 1. The molecule has 212 valence electrons. The molecule has 1 aromatic heterocycles. The summed E-state index contributed by atoms with van der Waals surface area (Å²) in [6, 6.07) is 4.32. The first-order valence-electron chi connectivity index (χ1n) is 12.2. The van der Waals surface area contributed by atoms with Crippen LogP contribution in [0, 0.1) is 0 Å². The first-order chi connectivity index (χ1) is 18.6. The summed E-state index contributed by atoms with van der Waals surface area (Å²) in [5.74, 6) is -4.14. The van der Waals surface area contributed by atoms with Gasteiger partial charge in [-0.05, 0) is 36.8 Å². The SMILES string of the molecule is CSCCC(NC(=O)C(CCC(=O)O)NC(=O)C(N)Cc1ccccc1)C(=O)NC(Cc1cnc[nH]1)C(=O)O. The summed E-state index contributed by atoms with van der Waals surface area (Å²) in [6.07, 6.45) is 4.29. The van der Waals surface area contributed by atoms with Crippen molar-refractivity contribution in [2.24, 2.45) is 5.73 Å². The lowest BCUT2D eigenvalue weighted by atomic mass is 10.0. The third-order valence-corrected chi connectivity index (χ3v) is 6.40. The Labute approximate surface area is 229 Å². The number of carboxylic acid groups (broad SMARTS) is 2. The molecule has 13 nitrogen and oxygen atoms in total. The van der Waals surface area contributed by atoms with E-state index < -0.39 is 60.2 Å². The van der Waals surface area contributed by atoms with Crippen LogP contribution in [0.3, 0.4) is 0 Å². The van der Waals surface area contributed by atoms with E-state index in [0.717, 1.165) is 5.56 Å². The molecule has 2 aromatic rings. The van der Waals surface area contributed by atoms with Crippen molar-refractivity contribution < 1.29 is 34.2 Å². The lowest BCUT2D eigenvalue weighted by molar-refractivity contribution is -0.142. The molecule has 0 fully saturated rings. The number of aliphatic carboxylic acids is 2. The van der Waals surface area contributed by atoms with Gasteiger partial charge >= 0.3 is 11.9 Å². The van der Waals surface area contributed by atoms with Crippen molar-refractivity contribution >= 4 is 41.4 Å². The van der Waals surface area contributed by atoms with Crippen LogP contribution in [-0.2, 0) is 36.8 Å². The normalized spacial score (nSPS) is 13.9. The number of nitrogens with one attached hydrogen (secondary N) is 4. The fourth-order valence-electron chi connectivity index (χ4n) is 3.64. The van der Waals surface area contributed by atoms with Crippen LogP contribution in [0.5, 0.6) is 0 Å². The monoisotopic (exact) mass is 562 g/mol. The molecule has 2 rings (SSSR count). The number of carbonyl (C=O) groups excluding carboxylic acids is 3. The van der Waals surface area contributed by atoms with Crippen LogP contribution in [0.4, 0.5) is 0 Å². The summed E-state index contributed by atoms with van der Waals surface area (Å²) in [4.78, 5) is 68.4. The van der Waals surface area contributed by atoms with Gasteiger partial charge in [-0.25, -0.2) is 9.78 Å². The van der Waals surface area contributed by atoms with E-state index in [-0.39, 0.29) is 25.7 Å². The molecule has 0 radical (unpaired) electrons. The third kappa shape index (κ3) is 11.2. The molecule has 0 saturated carbocycles. The van der Waals surface area contributed by atoms with Gasteiger partial charge in [0.2, 0.25) is 17.7 Å². The quantitative estimate of drug-likeness (QED) is 0.133. The average Bonchev–Trinajstić information content (AvgIpc) is 3.41. The van der Waals surface area contributed by atoms with Gasteiger partial charge in [-0.3, -0.25) is 19.2 Å². The maximum absolute atomic E-state index is 13.2. The summed E-state index contributed by atoms with van der Waals surface area (Å²) < 4.78 is 0. The number of thioether (sulfide) groups is 1. The molecule has 0 aliphatic carbocycles. The van der Waals surface area contributed by atoms with Crippen LogP contribution < -0.4 is 21.7 Å². The smallest absolute Gasteiger partial charge is 0.326 e. The Hall–Kier alpha value is -3.91. The average molecular weight is 563 g/mol. The zero-order chi connectivity index (χ0) is 28.8. The van der Waals surface area contributed by atoms with Gasteiger partial charge in [0.15, 0.2) is 0 Å². The van der Waals surface area contributed by atoms with E-state index in [2.05, 4.69) is 25.9 Å². The molecule has 4 unspecified atom stereocenters. The van der Waals surface area contributed by atoms with Crippen LogP contribution in [-0.4, -0.2) is 86.0 Å². The molecular formula is C25H34N6O7S. The summed E-state index contributed by atoms with van der Waals surface area (Å²) in [5.41, 5.74) is 7.32. The summed E-state index contributed by atoms with van der Waals surface area (Å²) in [6.45, 7) is 0. The van der Waals surface area contributed by atoms with Gasteiger partial charge in [0.1, 0.15) is 18.1 Å². The molecule has 4 atom stereocenters. The van der Waals surface area contributed by atoms with Gasteiger partial charge in [0.25, 0.3) is 0 Å². The highest BCUT2D eigenvalue weighted by Gasteiger charge is 2.30. The van der Waals surface area contributed by atoms with Gasteiger partial charge in [-0.1, -0.05) is 30.3 Å². The number of rotatable bonds is 17. The summed E-state index contributed by atoms with van der Waals surface area (Å²) in [5, 5.41) is 26.2. The van der Waals surface area contributed by atoms with Crippen molar-refractivity contribution in [3.63, 3.8) is 0 Å². The molecule has 0 aliphatic heterocycles. The van der Waals surface area contributed by atoms with Gasteiger partial charge in [-0.2, -0.15) is 11.8 Å². The van der Waals surface area contributed by atoms with E-state index >= 15 is 0 Å². The van der Waals surface area contributed by atoms with Crippen molar-refractivity contribution in [1.82, 2.24) is 25.9 Å². The van der Waals surface area contributed by atoms with Gasteiger partial charge < -0.3 is 36.9 Å². The number of aromatic amines is 1. The number of benzene rings is 1.